The van der Waals surface area contributed by atoms with Gasteiger partial charge in [-0.15, -0.1) is 0 Å². The van der Waals surface area contributed by atoms with Crippen LogP contribution in [0.1, 0.15) is 42.7 Å². The van der Waals surface area contributed by atoms with Crippen LogP contribution in [0.15, 0.2) is 24.3 Å². The minimum Gasteiger partial charge on any atom is -0.341 e. The van der Waals surface area contributed by atoms with E-state index in [-0.39, 0.29) is 17.2 Å². The van der Waals surface area contributed by atoms with Crippen molar-refractivity contribution >= 4 is 11.8 Å². The SMILES string of the molecule is O=C(NO)C1CC2(CC2)CNC1C(=O)N1CCC(c2cccc(C(F)(F)F)c2)C1. The fraction of sp³-hybridized carbons (Fsp3) is 0.600. The van der Waals surface area contributed by atoms with Crippen LogP contribution in [-0.2, 0) is 15.8 Å². The van der Waals surface area contributed by atoms with Gasteiger partial charge in [-0.05, 0) is 42.7 Å². The fourth-order valence-corrected chi connectivity index (χ4v) is 4.67. The summed E-state index contributed by atoms with van der Waals surface area (Å²) in [7, 11) is 0. The predicted octanol–water partition coefficient (Wildman–Crippen LogP) is 2.29. The Bertz CT molecular complexity index is 810. The standard InChI is InChI=1S/C20H24F3N3O3/c21-20(22,23)14-3-1-2-12(8-14)13-4-7-26(10-13)18(28)16-15(17(27)25-29)9-19(5-6-19)11-24-16/h1-3,8,13,15-16,24,29H,4-7,9-11H2,(H,25,27). The van der Waals surface area contributed by atoms with Crippen LogP contribution in [0.25, 0.3) is 0 Å². The normalized spacial score (nSPS) is 28.4. The maximum Gasteiger partial charge on any atom is 0.416 e. The van der Waals surface area contributed by atoms with Gasteiger partial charge < -0.3 is 10.2 Å². The molecule has 0 aromatic heterocycles. The molecule has 2 heterocycles. The van der Waals surface area contributed by atoms with E-state index in [2.05, 4.69) is 5.32 Å². The number of nitrogens with zero attached hydrogens (tertiary/aromatic N) is 1. The van der Waals surface area contributed by atoms with Gasteiger partial charge in [-0.2, -0.15) is 13.2 Å². The Morgan fingerprint density at radius 3 is 2.69 bits per heavy atom. The lowest BCUT2D eigenvalue weighted by molar-refractivity contribution is -0.144. The number of hydrogen-bond acceptors (Lipinski definition) is 4. The van der Waals surface area contributed by atoms with Gasteiger partial charge in [0.15, 0.2) is 0 Å². The van der Waals surface area contributed by atoms with E-state index < -0.39 is 29.6 Å². The van der Waals surface area contributed by atoms with Crippen LogP contribution in [0.5, 0.6) is 0 Å². The number of hydroxylamine groups is 1. The van der Waals surface area contributed by atoms with Crippen molar-refractivity contribution in [2.24, 2.45) is 11.3 Å². The monoisotopic (exact) mass is 411 g/mol. The summed E-state index contributed by atoms with van der Waals surface area (Å²) in [5.74, 6) is -1.64. The van der Waals surface area contributed by atoms with Crippen molar-refractivity contribution in [1.29, 1.82) is 0 Å². The Balaban J connectivity index is 1.46. The number of likely N-dealkylation sites (tertiary alicyclic amines) is 1. The minimum absolute atomic E-state index is 0.0412. The van der Waals surface area contributed by atoms with Crippen LogP contribution in [0.3, 0.4) is 0 Å². The second-order valence-corrected chi connectivity index (χ2v) is 8.54. The topological polar surface area (TPSA) is 81.7 Å². The molecule has 2 amide bonds. The van der Waals surface area contributed by atoms with Crippen LogP contribution in [0.4, 0.5) is 13.2 Å². The number of amides is 2. The third kappa shape index (κ3) is 3.98. The predicted molar refractivity (Wildman–Crippen MR) is 96.9 cm³/mol. The second kappa shape index (κ2) is 7.28. The lowest BCUT2D eigenvalue weighted by atomic mass is 9.81. The Kier molecular flexibility index (Phi) is 5.06. The van der Waals surface area contributed by atoms with Crippen molar-refractivity contribution in [2.45, 2.75) is 43.8 Å². The Morgan fingerprint density at radius 1 is 1.28 bits per heavy atom. The molecule has 1 spiro atoms. The molecule has 158 valence electrons. The van der Waals surface area contributed by atoms with E-state index in [1.165, 1.54) is 6.07 Å². The second-order valence-electron chi connectivity index (χ2n) is 8.54. The molecule has 6 nitrogen and oxygen atoms in total. The summed E-state index contributed by atoms with van der Waals surface area (Å²) in [6.07, 6.45) is -1.29. The summed E-state index contributed by atoms with van der Waals surface area (Å²) < 4.78 is 39.0. The third-order valence-electron chi connectivity index (χ3n) is 6.61. The van der Waals surface area contributed by atoms with Crippen molar-refractivity contribution in [3.05, 3.63) is 35.4 Å². The van der Waals surface area contributed by atoms with Crippen LogP contribution < -0.4 is 10.8 Å². The summed E-state index contributed by atoms with van der Waals surface area (Å²) in [4.78, 5) is 26.9. The van der Waals surface area contributed by atoms with Crippen LogP contribution in [0.2, 0.25) is 0 Å². The van der Waals surface area contributed by atoms with Crippen LogP contribution in [0, 0.1) is 11.3 Å². The number of carbonyl (C=O) groups excluding carboxylic acids is 2. The number of benzene rings is 1. The highest BCUT2D eigenvalue weighted by Gasteiger charge is 2.53. The quantitative estimate of drug-likeness (QED) is 0.527. The Hall–Kier alpha value is -2.13. The van der Waals surface area contributed by atoms with Gasteiger partial charge in [-0.3, -0.25) is 14.8 Å². The van der Waals surface area contributed by atoms with E-state index in [9.17, 15) is 22.8 Å². The summed E-state index contributed by atoms with van der Waals surface area (Å²) in [6, 6.07) is 4.51. The molecule has 3 fully saturated rings. The first-order valence-corrected chi connectivity index (χ1v) is 9.86. The molecule has 1 saturated carbocycles. The lowest BCUT2D eigenvalue weighted by Crippen LogP contribution is -2.58. The molecule has 3 unspecified atom stereocenters. The molecule has 29 heavy (non-hydrogen) atoms. The first-order valence-electron chi connectivity index (χ1n) is 9.86. The van der Waals surface area contributed by atoms with Gasteiger partial charge in [0.05, 0.1) is 17.5 Å². The average molecular weight is 411 g/mol. The number of carbonyl (C=O) groups is 2. The Morgan fingerprint density at radius 2 is 2.03 bits per heavy atom. The maximum absolute atomic E-state index is 13.1. The Labute approximate surface area is 166 Å². The van der Waals surface area contributed by atoms with Gasteiger partial charge in [0, 0.05) is 25.6 Å². The van der Waals surface area contributed by atoms with Crippen molar-refractivity contribution in [3.63, 3.8) is 0 Å². The van der Waals surface area contributed by atoms with Crippen LogP contribution in [-0.4, -0.2) is 47.6 Å². The van der Waals surface area contributed by atoms with E-state index in [0.717, 1.165) is 25.0 Å². The van der Waals surface area contributed by atoms with Gasteiger partial charge in [0.2, 0.25) is 11.8 Å². The molecule has 3 N–H and O–H groups in total. The molecule has 0 bridgehead atoms. The van der Waals surface area contributed by atoms with E-state index in [1.54, 1.807) is 16.4 Å². The number of nitrogens with one attached hydrogen (secondary N) is 2. The summed E-state index contributed by atoms with van der Waals surface area (Å²) >= 11 is 0. The molecule has 1 aromatic rings. The highest BCUT2D eigenvalue weighted by Crippen LogP contribution is 2.52. The largest absolute Gasteiger partial charge is 0.416 e. The van der Waals surface area contributed by atoms with E-state index in [4.69, 9.17) is 5.21 Å². The van der Waals surface area contributed by atoms with Gasteiger partial charge in [0.25, 0.3) is 0 Å². The zero-order chi connectivity index (χ0) is 20.8. The summed E-state index contributed by atoms with van der Waals surface area (Å²) in [5, 5.41) is 12.3. The maximum atomic E-state index is 13.1. The first kappa shape index (κ1) is 20.2. The molecule has 9 heteroatoms. The number of alkyl halides is 3. The van der Waals surface area contributed by atoms with Crippen molar-refractivity contribution < 1.29 is 28.0 Å². The highest BCUT2D eigenvalue weighted by molar-refractivity contribution is 5.90. The zero-order valence-electron chi connectivity index (χ0n) is 15.8. The van der Waals surface area contributed by atoms with Crippen LogP contribution >= 0.6 is 0 Å². The average Bonchev–Trinajstić information content (AvgIpc) is 3.27. The summed E-state index contributed by atoms with van der Waals surface area (Å²) in [6.45, 7) is 1.40. The number of rotatable bonds is 3. The lowest BCUT2D eigenvalue weighted by Gasteiger charge is -2.37. The first-order chi connectivity index (χ1) is 13.7. The number of hydrogen-bond donors (Lipinski definition) is 3. The van der Waals surface area contributed by atoms with Crippen molar-refractivity contribution in [2.75, 3.05) is 19.6 Å². The molecule has 0 radical (unpaired) electrons. The van der Waals surface area contributed by atoms with E-state index in [0.29, 0.717) is 38.0 Å². The van der Waals surface area contributed by atoms with Crippen molar-refractivity contribution in [3.8, 4) is 0 Å². The smallest absolute Gasteiger partial charge is 0.341 e. The molecule has 1 aromatic carbocycles. The molecular weight excluding hydrogens is 387 g/mol. The number of halogens is 3. The van der Waals surface area contributed by atoms with E-state index >= 15 is 0 Å². The molecule has 4 rings (SSSR count). The van der Waals surface area contributed by atoms with Gasteiger partial charge in [-0.25, -0.2) is 5.48 Å². The fourth-order valence-electron chi connectivity index (χ4n) is 4.67. The van der Waals surface area contributed by atoms with Gasteiger partial charge in [-0.1, -0.05) is 18.2 Å². The minimum atomic E-state index is -4.40. The molecular formula is C20H24F3N3O3. The van der Waals surface area contributed by atoms with Gasteiger partial charge >= 0.3 is 6.18 Å². The molecule has 3 atom stereocenters. The highest BCUT2D eigenvalue weighted by atomic mass is 19.4. The summed E-state index contributed by atoms with van der Waals surface area (Å²) in [5.41, 5.74) is 1.59. The number of piperidine rings is 1. The third-order valence-corrected chi connectivity index (χ3v) is 6.61. The zero-order valence-corrected chi connectivity index (χ0v) is 15.8. The molecule has 2 aliphatic heterocycles. The molecule has 1 aliphatic carbocycles. The molecule has 2 saturated heterocycles. The molecule has 3 aliphatic rings. The van der Waals surface area contributed by atoms with Crippen molar-refractivity contribution in [1.82, 2.24) is 15.7 Å². The van der Waals surface area contributed by atoms with Gasteiger partial charge in [0.1, 0.15) is 0 Å². The van der Waals surface area contributed by atoms with E-state index in [1.807, 2.05) is 0 Å².